The average Bonchev–Trinajstić information content (AvgIpc) is 4.37. The van der Waals surface area contributed by atoms with E-state index >= 15 is 0 Å². The molecule has 81 heavy (non-hydrogen) atoms. The summed E-state index contributed by atoms with van der Waals surface area (Å²) in [5.41, 5.74) is 19.8. The second-order valence-electron chi connectivity index (χ2n) is 23.4. The Bertz CT molecular complexity index is 4890. The SMILES string of the molecule is CC(C)c1ccc2c(c1)c1c(n2-c2nc(-n3c4ccccc4c4cc(C(C)C)ccc43)c(-n3c4ccccc4c4cc(C(C)C)ccc43)c(-c3ccc(C#N)c(C#N)c3)c2-n2c3c(c4cc(C(C)C)ccc42)C=CC#CC3)CCC=C1. The fraction of sp³-hybridized carbons (Fsp3) is 0.203. The summed E-state index contributed by atoms with van der Waals surface area (Å²) >= 11 is 0. The van der Waals surface area contributed by atoms with E-state index in [1.165, 1.54) is 38.9 Å². The summed E-state index contributed by atoms with van der Waals surface area (Å²) in [6.45, 7) is 18.1. The van der Waals surface area contributed by atoms with Crippen LogP contribution in [0.3, 0.4) is 0 Å². The van der Waals surface area contributed by atoms with Gasteiger partial charge < -0.3 is 9.13 Å². The van der Waals surface area contributed by atoms with E-state index in [4.69, 9.17) is 4.98 Å². The summed E-state index contributed by atoms with van der Waals surface area (Å²) in [5, 5.41) is 28.7. The number of hydrogen-bond acceptors (Lipinski definition) is 3. The Labute approximate surface area is 472 Å². The molecule has 7 heteroatoms. The zero-order chi connectivity index (χ0) is 55.5. The molecule has 392 valence electrons. The molecule has 0 fully saturated rings. The van der Waals surface area contributed by atoms with Crippen molar-refractivity contribution < 1.29 is 0 Å². The molecule has 2 aliphatic rings. The molecule has 2 aliphatic carbocycles. The molecule has 0 amide bonds. The molecule has 0 atom stereocenters. The summed E-state index contributed by atoms with van der Waals surface area (Å²) in [6.07, 6.45) is 11.0. The molecule has 0 spiro atoms. The predicted octanol–water partition coefficient (Wildman–Crippen LogP) is 18.6. The molecule has 14 rings (SSSR count). The molecule has 0 saturated heterocycles. The van der Waals surface area contributed by atoms with Crippen molar-refractivity contribution in [3.63, 3.8) is 0 Å². The summed E-state index contributed by atoms with van der Waals surface area (Å²) in [5.74, 6) is 9.63. The normalized spacial score (nSPS) is 13.1. The molecular formula is C74H61N7. The van der Waals surface area contributed by atoms with Crippen LogP contribution in [0.4, 0.5) is 0 Å². The van der Waals surface area contributed by atoms with Gasteiger partial charge in [0.1, 0.15) is 17.8 Å². The number of fused-ring (bicyclic) bond motifs is 12. The van der Waals surface area contributed by atoms with Crippen LogP contribution in [0.15, 0.2) is 152 Å². The molecule has 7 aromatic carbocycles. The Morgan fingerprint density at radius 3 is 1.52 bits per heavy atom. The Balaban J connectivity index is 1.31. The number of hydrogen-bond donors (Lipinski definition) is 0. The summed E-state index contributed by atoms with van der Waals surface area (Å²) in [4.78, 5) is 6.48. The van der Waals surface area contributed by atoms with Gasteiger partial charge in [-0.2, -0.15) is 10.5 Å². The van der Waals surface area contributed by atoms with Gasteiger partial charge in [0.25, 0.3) is 0 Å². The zero-order valence-electron chi connectivity index (χ0n) is 47.1. The number of nitrogens with zero attached hydrogens (tertiary/aromatic N) is 7. The maximum atomic E-state index is 11.1. The van der Waals surface area contributed by atoms with Crippen LogP contribution in [0.5, 0.6) is 0 Å². The Morgan fingerprint density at radius 1 is 0.457 bits per heavy atom. The number of aromatic nitrogens is 5. The smallest absolute Gasteiger partial charge is 0.165 e. The van der Waals surface area contributed by atoms with Gasteiger partial charge in [-0.15, -0.1) is 0 Å². The molecule has 0 N–H and O–H groups in total. The Hall–Kier alpha value is -9.61. The highest BCUT2D eigenvalue weighted by molar-refractivity contribution is 6.13. The third-order valence-corrected chi connectivity index (χ3v) is 17.4. The lowest BCUT2D eigenvalue weighted by molar-refractivity contribution is 0.848. The van der Waals surface area contributed by atoms with Gasteiger partial charge in [0.2, 0.25) is 0 Å². The molecule has 0 unspecified atom stereocenters. The first-order valence-electron chi connectivity index (χ1n) is 28.7. The molecule has 7 nitrogen and oxygen atoms in total. The van der Waals surface area contributed by atoms with E-state index < -0.39 is 0 Å². The van der Waals surface area contributed by atoms with E-state index in [9.17, 15) is 10.5 Å². The van der Waals surface area contributed by atoms with Gasteiger partial charge in [-0.3, -0.25) is 9.13 Å². The van der Waals surface area contributed by atoms with Crippen molar-refractivity contribution in [1.29, 1.82) is 10.5 Å². The van der Waals surface area contributed by atoms with Gasteiger partial charge in [0.15, 0.2) is 11.6 Å². The predicted molar refractivity (Wildman–Crippen MR) is 336 cm³/mol. The van der Waals surface area contributed by atoms with Gasteiger partial charge in [0, 0.05) is 60.4 Å². The van der Waals surface area contributed by atoms with Crippen molar-refractivity contribution in [3.05, 3.63) is 208 Å². The summed E-state index contributed by atoms with van der Waals surface area (Å²) in [7, 11) is 0. The first kappa shape index (κ1) is 49.7. The molecule has 0 bridgehead atoms. The fourth-order valence-electron chi connectivity index (χ4n) is 13.1. The van der Waals surface area contributed by atoms with E-state index in [1.54, 1.807) is 0 Å². The lowest BCUT2D eigenvalue weighted by atomic mass is 9.96. The molecule has 5 aromatic heterocycles. The number of benzene rings is 7. The number of para-hydroxylation sites is 2. The van der Waals surface area contributed by atoms with Crippen LogP contribution in [0, 0.1) is 34.5 Å². The van der Waals surface area contributed by atoms with Gasteiger partial charge in [-0.1, -0.05) is 146 Å². The minimum absolute atomic E-state index is 0.289. The molecule has 0 aliphatic heterocycles. The quantitative estimate of drug-likeness (QED) is 0.135. The van der Waals surface area contributed by atoms with Crippen LogP contribution in [0.2, 0.25) is 0 Å². The van der Waals surface area contributed by atoms with Gasteiger partial charge >= 0.3 is 0 Å². The number of allylic oxidation sites excluding steroid dienone is 2. The minimum atomic E-state index is 0.289. The van der Waals surface area contributed by atoms with Crippen LogP contribution in [0.25, 0.3) is 112 Å². The van der Waals surface area contributed by atoms with Crippen LogP contribution >= 0.6 is 0 Å². The van der Waals surface area contributed by atoms with E-state index in [2.05, 4.69) is 243 Å². The molecule has 5 heterocycles. The maximum Gasteiger partial charge on any atom is 0.165 e. The monoisotopic (exact) mass is 1050 g/mol. The van der Waals surface area contributed by atoms with Crippen molar-refractivity contribution in [3.8, 4) is 58.1 Å². The standard InChI is InChI=1S/C74H61N7/c1-43(2)47-28-32-66-58(37-47)54-18-10-9-11-22-62(54)78(66)71-70(51-26-27-52(41-75)53(36-51)42-76)72(79-63-23-15-12-19-55(63)59-38-48(44(3)4)29-33-67(59)79)74(81-65-25-17-14-21-57(65)61-40-50(46(7)8)31-35-69(61)81)77-73(71)80-64-24-16-13-20-56(64)60-39-49(45(5)6)30-34-68(60)80/h10,12-15,17-21,23,25-40,43-46H,16,22,24H2,1-8H3. The lowest BCUT2D eigenvalue weighted by Crippen LogP contribution is -2.18. The zero-order valence-corrected chi connectivity index (χ0v) is 47.1. The fourth-order valence-corrected chi connectivity index (χ4v) is 13.1. The van der Waals surface area contributed by atoms with Crippen molar-refractivity contribution in [1.82, 2.24) is 23.3 Å². The highest BCUT2D eigenvalue weighted by Gasteiger charge is 2.35. The largest absolute Gasteiger partial charge is 0.308 e. The lowest BCUT2D eigenvalue weighted by Gasteiger charge is -2.28. The molecular weight excluding hydrogens is 987 g/mol. The second-order valence-corrected chi connectivity index (χ2v) is 23.4. The number of nitriles is 2. The van der Waals surface area contributed by atoms with Crippen molar-refractivity contribution in [2.24, 2.45) is 0 Å². The van der Waals surface area contributed by atoms with Crippen molar-refractivity contribution >= 4 is 77.6 Å². The number of pyridine rings is 1. The van der Waals surface area contributed by atoms with E-state index in [-0.39, 0.29) is 5.92 Å². The summed E-state index contributed by atoms with van der Waals surface area (Å²) in [6, 6.07) is 56.1. The van der Waals surface area contributed by atoms with Crippen LogP contribution in [0.1, 0.15) is 141 Å². The molecule has 0 saturated carbocycles. The van der Waals surface area contributed by atoms with Crippen molar-refractivity contribution in [2.45, 2.75) is 98.3 Å². The third-order valence-electron chi connectivity index (χ3n) is 17.4. The van der Waals surface area contributed by atoms with E-state index in [1.807, 2.05) is 18.2 Å². The van der Waals surface area contributed by atoms with Crippen LogP contribution in [-0.4, -0.2) is 23.3 Å². The highest BCUT2D eigenvalue weighted by atomic mass is 15.2. The van der Waals surface area contributed by atoms with Crippen LogP contribution in [-0.2, 0) is 12.8 Å². The average molecular weight is 1050 g/mol. The van der Waals surface area contributed by atoms with Gasteiger partial charge in [0.05, 0.1) is 56.3 Å². The first-order chi connectivity index (χ1) is 39.4. The van der Waals surface area contributed by atoms with Crippen LogP contribution < -0.4 is 0 Å². The van der Waals surface area contributed by atoms with Gasteiger partial charge in [-0.25, -0.2) is 4.98 Å². The Morgan fingerprint density at radius 2 is 0.938 bits per heavy atom. The van der Waals surface area contributed by atoms with E-state index in [0.717, 1.165) is 118 Å². The van der Waals surface area contributed by atoms with Crippen molar-refractivity contribution in [2.75, 3.05) is 0 Å². The first-order valence-corrected chi connectivity index (χ1v) is 28.7. The van der Waals surface area contributed by atoms with Gasteiger partial charge in [-0.05, 0) is 149 Å². The molecule has 12 aromatic rings. The van der Waals surface area contributed by atoms with E-state index in [0.29, 0.717) is 35.3 Å². The number of rotatable bonds is 9. The second kappa shape index (κ2) is 19.0. The topological polar surface area (TPSA) is 80.2 Å². The highest BCUT2D eigenvalue weighted by Crippen LogP contribution is 2.50. The summed E-state index contributed by atoms with van der Waals surface area (Å²) < 4.78 is 9.81. The Kier molecular flexibility index (Phi) is 11.7. The third kappa shape index (κ3) is 7.58. The minimum Gasteiger partial charge on any atom is -0.308 e. The maximum absolute atomic E-state index is 11.1. The molecule has 0 radical (unpaired) electrons.